The molecule has 0 aromatic rings. The fraction of sp³-hybridized carbons (Fsp3) is 0.615. The molecule has 5 aliphatic rings. The lowest BCUT2D eigenvalue weighted by Gasteiger charge is -2.59. The van der Waals surface area contributed by atoms with E-state index in [4.69, 9.17) is 33.9 Å². The zero-order valence-corrected chi connectivity index (χ0v) is 40.2. The molecule has 4 saturated carbocycles. The Bertz CT molecular complexity index is 2180. The summed E-state index contributed by atoms with van der Waals surface area (Å²) in [6.07, 6.45) is 10.7. The Morgan fingerprint density at radius 3 is 1.71 bits per heavy atom. The van der Waals surface area contributed by atoms with Gasteiger partial charge in [-0.05, 0) is 86.2 Å². The molecule has 4 fully saturated rings. The molecule has 1 heterocycles. The monoisotopic (exact) mass is 964 g/mol. The van der Waals surface area contributed by atoms with Crippen molar-refractivity contribution >= 4 is 47.8 Å². The fourth-order valence-electron chi connectivity index (χ4n) is 12.1. The van der Waals surface area contributed by atoms with Crippen LogP contribution in [0.15, 0.2) is 71.9 Å². The lowest BCUT2D eigenvalue weighted by Crippen LogP contribution is -2.58. The summed E-state index contributed by atoms with van der Waals surface area (Å²) in [6, 6.07) is 0. The minimum atomic E-state index is -1.27. The van der Waals surface area contributed by atoms with Gasteiger partial charge in [0.05, 0.1) is 56.3 Å². The van der Waals surface area contributed by atoms with Crippen LogP contribution in [-0.2, 0) is 62.0 Å². The van der Waals surface area contributed by atoms with Crippen molar-refractivity contribution in [1.29, 1.82) is 0 Å². The first kappa shape index (κ1) is 54.1. The Hall–Kier alpha value is -5.84. The van der Waals surface area contributed by atoms with Crippen LogP contribution in [0.2, 0.25) is 0 Å². The number of rotatable bonds is 21. The van der Waals surface area contributed by atoms with E-state index in [9.17, 15) is 48.6 Å². The van der Waals surface area contributed by atoms with E-state index < -0.39 is 94.7 Å². The molecule has 10 unspecified atom stereocenters. The summed E-state index contributed by atoms with van der Waals surface area (Å²) in [5.41, 5.74) is -0.630. The molecule has 0 spiro atoms. The topological polar surface area (TPSA) is 264 Å². The van der Waals surface area contributed by atoms with Crippen LogP contribution in [0.25, 0.3) is 0 Å². The lowest BCUT2D eigenvalue weighted by molar-refractivity contribution is -0.192. The number of carboxylic acid groups (broad SMARTS) is 3. The molecule has 0 radical (unpaired) electrons. The highest BCUT2D eigenvalue weighted by atomic mass is 16.6. The molecule has 0 aromatic carbocycles. The highest BCUT2D eigenvalue weighted by Crippen LogP contribution is 2.63. The Labute approximate surface area is 402 Å². The summed E-state index contributed by atoms with van der Waals surface area (Å²) in [6.45, 7) is 15.9. The van der Waals surface area contributed by atoms with E-state index in [0.29, 0.717) is 56.9 Å². The molecular weight excluding hydrogens is 897 g/mol. The van der Waals surface area contributed by atoms with Crippen molar-refractivity contribution < 1.29 is 82.5 Å². The van der Waals surface area contributed by atoms with Gasteiger partial charge in [-0.3, -0.25) is 28.8 Å². The molecule has 0 saturated heterocycles. The number of ether oxygens (including phenoxy) is 5. The van der Waals surface area contributed by atoms with Crippen molar-refractivity contribution in [3.8, 4) is 0 Å². The van der Waals surface area contributed by atoms with Crippen LogP contribution in [0.1, 0.15) is 118 Å². The van der Waals surface area contributed by atoms with Gasteiger partial charge in [0.15, 0.2) is 0 Å². The molecule has 10 atom stereocenters. The highest BCUT2D eigenvalue weighted by molar-refractivity contribution is 5.93. The van der Waals surface area contributed by atoms with Crippen molar-refractivity contribution in [3.63, 3.8) is 0 Å². The van der Waals surface area contributed by atoms with Crippen LogP contribution in [-0.4, -0.2) is 107 Å². The number of aliphatic hydroxyl groups is 1. The molecular formula is C52H68O17. The second-order valence-electron chi connectivity index (χ2n) is 20.2. The SMILES string of the molecule is C=C1CCC2C(C)(CO)C(OC(=O)CCC(=O)O)CCC2(C)C1/C=C/C(=C/COC(=O)CCC(=O)OC1CCC2(C)C(/C=C/C3=CCOC3=O)C(=C)CCC2C1(C)COC(=O)CCC(=O)O)C(=O)O. The maximum Gasteiger partial charge on any atom is 0.338 e. The van der Waals surface area contributed by atoms with Crippen LogP contribution in [0.3, 0.4) is 0 Å². The number of carbonyl (C=O) groups excluding carboxylic acids is 5. The summed E-state index contributed by atoms with van der Waals surface area (Å²) in [4.78, 5) is 98.4. The van der Waals surface area contributed by atoms with Crippen LogP contribution >= 0.6 is 0 Å². The van der Waals surface area contributed by atoms with Crippen molar-refractivity contribution in [3.05, 3.63) is 71.9 Å². The Balaban J connectivity index is 1.21. The molecule has 1 aliphatic heterocycles. The third kappa shape index (κ3) is 12.5. The Kier molecular flexibility index (Phi) is 17.8. The van der Waals surface area contributed by atoms with Crippen molar-refractivity contribution in [2.45, 2.75) is 130 Å². The second kappa shape index (κ2) is 22.7. The first-order chi connectivity index (χ1) is 32.5. The fourth-order valence-corrected chi connectivity index (χ4v) is 12.1. The summed E-state index contributed by atoms with van der Waals surface area (Å²) in [5, 5.41) is 38.9. The van der Waals surface area contributed by atoms with E-state index in [0.717, 1.165) is 11.1 Å². The molecule has 69 heavy (non-hydrogen) atoms. The summed E-state index contributed by atoms with van der Waals surface area (Å²) >= 11 is 0. The predicted molar refractivity (Wildman–Crippen MR) is 246 cm³/mol. The van der Waals surface area contributed by atoms with E-state index in [1.807, 2.05) is 19.9 Å². The molecule has 4 aliphatic carbocycles. The largest absolute Gasteiger partial charge is 0.481 e. The number of aliphatic carboxylic acids is 3. The van der Waals surface area contributed by atoms with Crippen LogP contribution in [0.5, 0.6) is 0 Å². The number of cyclic esters (lactones) is 1. The number of carboxylic acids is 3. The predicted octanol–water partition coefficient (Wildman–Crippen LogP) is 6.78. The summed E-state index contributed by atoms with van der Waals surface area (Å²) < 4.78 is 27.9. The smallest absolute Gasteiger partial charge is 0.338 e. The third-order valence-electron chi connectivity index (χ3n) is 15.9. The highest BCUT2D eigenvalue weighted by Gasteiger charge is 2.60. The lowest BCUT2D eigenvalue weighted by atomic mass is 9.46. The molecule has 378 valence electrons. The van der Waals surface area contributed by atoms with Gasteiger partial charge < -0.3 is 44.1 Å². The first-order valence-corrected chi connectivity index (χ1v) is 23.8. The van der Waals surface area contributed by atoms with Crippen LogP contribution in [0, 0.1) is 45.3 Å². The Morgan fingerprint density at radius 2 is 1.19 bits per heavy atom. The van der Waals surface area contributed by atoms with Gasteiger partial charge in [0.1, 0.15) is 32.0 Å². The summed E-state index contributed by atoms with van der Waals surface area (Å²) in [7, 11) is 0. The van der Waals surface area contributed by atoms with E-state index in [1.165, 1.54) is 12.2 Å². The zero-order valence-electron chi connectivity index (χ0n) is 40.2. The van der Waals surface area contributed by atoms with E-state index in [2.05, 4.69) is 27.0 Å². The quantitative estimate of drug-likeness (QED) is 0.0304. The number of allylic oxidation sites excluding steroid dienone is 4. The maximum atomic E-state index is 13.4. The zero-order chi connectivity index (χ0) is 50.9. The van der Waals surface area contributed by atoms with E-state index >= 15 is 0 Å². The molecule has 5 rings (SSSR count). The second-order valence-corrected chi connectivity index (χ2v) is 20.2. The molecule has 17 nitrogen and oxygen atoms in total. The van der Waals surface area contributed by atoms with Gasteiger partial charge in [-0.1, -0.05) is 76.3 Å². The van der Waals surface area contributed by atoms with Gasteiger partial charge in [0.25, 0.3) is 0 Å². The van der Waals surface area contributed by atoms with Gasteiger partial charge in [0.2, 0.25) is 0 Å². The normalized spacial score (nSPS) is 32.3. The molecule has 0 amide bonds. The van der Waals surface area contributed by atoms with Crippen molar-refractivity contribution in [1.82, 2.24) is 0 Å². The number of esters is 5. The number of hydrogen-bond donors (Lipinski definition) is 4. The van der Waals surface area contributed by atoms with E-state index in [1.54, 1.807) is 18.2 Å². The molecule has 17 heteroatoms. The number of carbonyl (C=O) groups is 8. The average molecular weight is 965 g/mol. The standard InChI is InChI=1S/C52H68O17/c1-31-7-13-37-49(3,25-21-39(51(37,5)29-53)68-45(60)18-16-42(56)57)35(31)11-9-33(47(62)63)23-27-65-43(58)19-20-46(61)69-40-22-26-50(4)36(12-10-34-24-28-66-48(34)64)32(2)8-14-38(50)52(40,6)30-67-44(59)17-15-41(54)55/h9-12,23-24,35-40,53H,1-2,7-8,13-22,25-30H2,3-6H3,(H,54,55)(H,56,57)(H,62,63)/b11-9+,12-10+,33-23-. The molecule has 0 aromatic heterocycles. The van der Waals surface area contributed by atoms with Crippen molar-refractivity contribution in [2.75, 3.05) is 26.4 Å². The molecule has 0 bridgehead atoms. The maximum absolute atomic E-state index is 13.4. The first-order valence-electron chi connectivity index (χ1n) is 23.8. The van der Waals surface area contributed by atoms with Gasteiger partial charge in [-0.15, -0.1) is 0 Å². The van der Waals surface area contributed by atoms with Gasteiger partial charge in [-0.2, -0.15) is 0 Å². The van der Waals surface area contributed by atoms with E-state index in [-0.39, 0.29) is 81.2 Å². The number of hydrogen-bond acceptors (Lipinski definition) is 14. The minimum absolute atomic E-state index is 0.152. The third-order valence-corrected chi connectivity index (χ3v) is 15.9. The average Bonchev–Trinajstić information content (AvgIpc) is 3.70. The summed E-state index contributed by atoms with van der Waals surface area (Å²) in [5.74, 6) is -7.63. The van der Waals surface area contributed by atoms with Gasteiger partial charge >= 0.3 is 47.8 Å². The Morgan fingerprint density at radius 1 is 0.696 bits per heavy atom. The van der Waals surface area contributed by atoms with Crippen LogP contribution < -0.4 is 0 Å². The van der Waals surface area contributed by atoms with Crippen LogP contribution in [0.4, 0.5) is 0 Å². The van der Waals surface area contributed by atoms with Gasteiger partial charge in [-0.25, -0.2) is 9.59 Å². The van der Waals surface area contributed by atoms with Gasteiger partial charge in [0, 0.05) is 22.7 Å². The number of fused-ring (bicyclic) bond motifs is 2. The number of aliphatic hydroxyl groups excluding tert-OH is 1. The molecule has 4 N–H and O–H groups in total. The van der Waals surface area contributed by atoms with Crippen molar-refractivity contribution in [2.24, 2.45) is 45.3 Å². The minimum Gasteiger partial charge on any atom is -0.481 e.